The van der Waals surface area contributed by atoms with Crippen LogP contribution < -0.4 is 0 Å². The summed E-state index contributed by atoms with van der Waals surface area (Å²) in [6.07, 6.45) is 2.49. The molecule has 1 saturated heterocycles. The van der Waals surface area contributed by atoms with Crippen LogP contribution in [0.25, 0.3) is 0 Å². The number of nitrogens with zero attached hydrogens (tertiary/aromatic N) is 1. The smallest absolute Gasteiger partial charge is 0.344 e. The van der Waals surface area contributed by atoms with E-state index in [0.29, 0.717) is 25.2 Å². The van der Waals surface area contributed by atoms with Crippen molar-refractivity contribution in [2.24, 2.45) is 5.16 Å². The summed E-state index contributed by atoms with van der Waals surface area (Å²) < 4.78 is 5.65. The number of oxime groups is 1. The van der Waals surface area contributed by atoms with Gasteiger partial charge in [0.05, 0.1) is 5.71 Å². The molecular weight excluding hydrogens is 278 g/mol. The molecule has 5 nitrogen and oxygen atoms in total. The SMILES string of the molecule is CCO/N=C(/CC)C1=C(O)CC2(CCSCC2)OC1=O. The standard InChI is InChI=1S/C14H21NO4S/c1-3-10(15-18-4-2)12-11(16)9-14(19-13(12)17)5-7-20-8-6-14/h16H,3-9H2,1-2H3/b15-10-. The molecule has 0 unspecified atom stereocenters. The minimum atomic E-state index is -0.514. The Hall–Kier alpha value is -1.17. The van der Waals surface area contributed by atoms with Crippen LogP contribution in [0.15, 0.2) is 16.5 Å². The molecule has 0 aromatic carbocycles. The monoisotopic (exact) mass is 299 g/mol. The van der Waals surface area contributed by atoms with Gasteiger partial charge in [0.1, 0.15) is 23.5 Å². The molecule has 0 saturated carbocycles. The average molecular weight is 299 g/mol. The van der Waals surface area contributed by atoms with Gasteiger partial charge < -0.3 is 14.7 Å². The van der Waals surface area contributed by atoms with Crippen LogP contribution in [0.1, 0.15) is 39.5 Å². The fourth-order valence-electron chi connectivity index (χ4n) is 2.53. The quantitative estimate of drug-likeness (QED) is 0.491. The molecule has 2 heterocycles. The summed E-state index contributed by atoms with van der Waals surface area (Å²) in [5, 5.41) is 14.2. The van der Waals surface area contributed by atoms with Crippen molar-refractivity contribution in [3.8, 4) is 0 Å². The van der Waals surface area contributed by atoms with Crippen molar-refractivity contribution >= 4 is 23.4 Å². The fraction of sp³-hybridized carbons (Fsp3) is 0.714. The number of carbonyl (C=O) groups is 1. The fourth-order valence-corrected chi connectivity index (χ4v) is 3.77. The van der Waals surface area contributed by atoms with Gasteiger partial charge in [-0.1, -0.05) is 12.1 Å². The maximum absolute atomic E-state index is 12.3. The van der Waals surface area contributed by atoms with Gasteiger partial charge in [0, 0.05) is 6.42 Å². The minimum Gasteiger partial charge on any atom is -0.511 e. The third-order valence-corrected chi connectivity index (χ3v) is 4.61. The second kappa shape index (κ2) is 6.52. The average Bonchev–Trinajstić information content (AvgIpc) is 2.42. The number of thioether (sulfide) groups is 1. The molecule has 1 fully saturated rings. The number of aliphatic hydroxyl groups is 1. The second-order valence-electron chi connectivity index (χ2n) is 4.99. The summed E-state index contributed by atoms with van der Waals surface area (Å²) in [4.78, 5) is 17.3. The molecule has 1 N–H and O–H groups in total. The Labute approximate surface area is 123 Å². The second-order valence-corrected chi connectivity index (χ2v) is 6.22. The Balaban J connectivity index is 2.25. The van der Waals surface area contributed by atoms with Crippen LogP contribution in [-0.4, -0.2) is 40.5 Å². The summed E-state index contributed by atoms with van der Waals surface area (Å²) in [7, 11) is 0. The van der Waals surface area contributed by atoms with E-state index in [1.54, 1.807) is 0 Å². The van der Waals surface area contributed by atoms with Crippen molar-refractivity contribution in [1.29, 1.82) is 0 Å². The normalized spacial score (nSPS) is 22.9. The Morgan fingerprint density at radius 1 is 1.45 bits per heavy atom. The molecule has 112 valence electrons. The number of rotatable bonds is 4. The minimum absolute atomic E-state index is 0.0912. The Morgan fingerprint density at radius 3 is 2.70 bits per heavy atom. The molecular formula is C14H21NO4S. The van der Waals surface area contributed by atoms with Crippen molar-refractivity contribution in [3.63, 3.8) is 0 Å². The molecule has 0 atom stereocenters. The first-order valence-electron chi connectivity index (χ1n) is 7.04. The zero-order valence-corrected chi connectivity index (χ0v) is 12.8. The Bertz CT molecular complexity index is 438. The Morgan fingerprint density at radius 2 is 2.15 bits per heavy atom. The van der Waals surface area contributed by atoms with Crippen LogP contribution in [0.3, 0.4) is 0 Å². The summed E-state index contributed by atoms with van der Waals surface area (Å²) in [5.41, 5.74) is 0.125. The number of hydrogen-bond acceptors (Lipinski definition) is 6. The van der Waals surface area contributed by atoms with Crippen molar-refractivity contribution in [1.82, 2.24) is 0 Å². The molecule has 1 spiro atoms. The maximum atomic E-state index is 12.3. The van der Waals surface area contributed by atoms with Crippen LogP contribution in [0.5, 0.6) is 0 Å². The zero-order chi connectivity index (χ0) is 14.6. The third-order valence-electron chi connectivity index (χ3n) is 3.62. The molecule has 0 radical (unpaired) electrons. The number of ether oxygens (including phenoxy) is 1. The highest BCUT2D eigenvalue weighted by molar-refractivity contribution is 7.99. The van der Waals surface area contributed by atoms with Gasteiger partial charge in [-0.25, -0.2) is 4.79 Å². The van der Waals surface area contributed by atoms with Crippen LogP contribution in [0.4, 0.5) is 0 Å². The van der Waals surface area contributed by atoms with E-state index >= 15 is 0 Å². The molecule has 2 aliphatic heterocycles. The molecule has 0 amide bonds. The Kier molecular flexibility index (Phi) is 4.96. The predicted molar refractivity (Wildman–Crippen MR) is 79.0 cm³/mol. The van der Waals surface area contributed by atoms with Gasteiger partial charge in [-0.05, 0) is 37.7 Å². The lowest BCUT2D eigenvalue weighted by atomic mass is 9.87. The van der Waals surface area contributed by atoms with Crippen LogP contribution in [-0.2, 0) is 14.4 Å². The van der Waals surface area contributed by atoms with E-state index < -0.39 is 11.6 Å². The van der Waals surface area contributed by atoms with Crippen molar-refractivity contribution in [3.05, 3.63) is 11.3 Å². The lowest BCUT2D eigenvalue weighted by Gasteiger charge is -2.39. The molecule has 2 aliphatic rings. The first-order valence-corrected chi connectivity index (χ1v) is 8.19. The number of carbonyl (C=O) groups excluding carboxylic acids is 1. The highest BCUT2D eigenvalue weighted by Crippen LogP contribution is 2.39. The molecule has 2 rings (SSSR count). The first kappa shape index (κ1) is 15.2. The number of esters is 1. The summed E-state index contributed by atoms with van der Waals surface area (Å²) in [6, 6.07) is 0. The van der Waals surface area contributed by atoms with Crippen LogP contribution >= 0.6 is 11.8 Å². The molecule has 0 aliphatic carbocycles. The molecule has 0 aromatic heterocycles. The van der Waals surface area contributed by atoms with Crippen molar-refractivity contribution in [2.75, 3.05) is 18.1 Å². The molecule has 6 heteroatoms. The van der Waals surface area contributed by atoms with E-state index in [-0.39, 0.29) is 11.3 Å². The topological polar surface area (TPSA) is 68.1 Å². The summed E-state index contributed by atoms with van der Waals surface area (Å²) >= 11 is 1.85. The maximum Gasteiger partial charge on any atom is 0.344 e. The largest absolute Gasteiger partial charge is 0.511 e. The zero-order valence-electron chi connectivity index (χ0n) is 12.0. The lowest BCUT2D eigenvalue weighted by molar-refractivity contribution is -0.158. The summed E-state index contributed by atoms with van der Waals surface area (Å²) in [6.45, 7) is 4.11. The van der Waals surface area contributed by atoms with Crippen LogP contribution in [0, 0.1) is 0 Å². The van der Waals surface area contributed by atoms with Crippen molar-refractivity contribution < 1.29 is 19.5 Å². The third kappa shape index (κ3) is 3.11. The van der Waals surface area contributed by atoms with E-state index in [4.69, 9.17) is 9.57 Å². The van der Waals surface area contributed by atoms with Gasteiger partial charge in [0.2, 0.25) is 0 Å². The molecule has 0 aromatic rings. The van der Waals surface area contributed by atoms with Crippen LogP contribution in [0.2, 0.25) is 0 Å². The van der Waals surface area contributed by atoms with E-state index in [1.165, 1.54) is 0 Å². The van der Waals surface area contributed by atoms with Gasteiger partial charge in [-0.3, -0.25) is 0 Å². The van der Waals surface area contributed by atoms with E-state index in [2.05, 4.69) is 5.16 Å². The van der Waals surface area contributed by atoms with E-state index in [0.717, 1.165) is 24.3 Å². The highest BCUT2D eigenvalue weighted by Gasteiger charge is 2.43. The summed E-state index contributed by atoms with van der Waals surface area (Å²) in [5.74, 6) is 1.54. The van der Waals surface area contributed by atoms with Gasteiger partial charge in [0.25, 0.3) is 0 Å². The molecule has 0 bridgehead atoms. The number of aliphatic hydroxyl groups excluding tert-OH is 1. The highest BCUT2D eigenvalue weighted by atomic mass is 32.2. The molecule has 20 heavy (non-hydrogen) atoms. The predicted octanol–water partition coefficient (Wildman–Crippen LogP) is 2.81. The van der Waals surface area contributed by atoms with Gasteiger partial charge in [0.15, 0.2) is 0 Å². The van der Waals surface area contributed by atoms with Gasteiger partial charge in [-0.15, -0.1) is 0 Å². The van der Waals surface area contributed by atoms with Crippen molar-refractivity contribution in [2.45, 2.75) is 45.1 Å². The first-order chi connectivity index (χ1) is 9.62. The van der Waals surface area contributed by atoms with Gasteiger partial charge >= 0.3 is 5.97 Å². The number of hydrogen-bond donors (Lipinski definition) is 1. The van der Waals surface area contributed by atoms with Gasteiger partial charge in [-0.2, -0.15) is 11.8 Å². The lowest BCUT2D eigenvalue weighted by Crippen LogP contribution is -2.44. The van der Waals surface area contributed by atoms with E-state index in [9.17, 15) is 9.90 Å². The van der Waals surface area contributed by atoms with E-state index in [1.807, 2.05) is 25.6 Å².